The van der Waals surface area contributed by atoms with E-state index in [1.54, 1.807) is 7.05 Å². The minimum absolute atomic E-state index is 0.0000578. The van der Waals surface area contributed by atoms with Crippen LogP contribution in [0.3, 0.4) is 0 Å². The lowest BCUT2D eigenvalue weighted by Crippen LogP contribution is -2.68. The van der Waals surface area contributed by atoms with Crippen molar-refractivity contribution in [2.45, 2.75) is 89.9 Å². The molecule has 0 bridgehead atoms. The first kappa shape index (κ1) is 26.4. The molecule has 1 saturated heterocycles. The van der Waals surface area contributed by atoms with Crippen molar-refractivity contribution in [3.8, 4) is 0 Å². The number of ketones is 1. The first-order valence-corrected chi connectivity index (χ1v) is 15.2. The Labute approximate surface area is 204 Å². The van der Waals surface area contributed by atoms with Gasteiger partial charge in [-0.3, -0.25) is 9.59 Å². The molecular weight excluding hydrogens is 448 g/mol. The van der Waals surface area contributed by atoms with Crippen LogP contribution in [0, 0.1) is 11.8 Å². The highest BCUT2D eigenvalue weighted by molar-refractivity contribution is 6.74. The Balaban J connectivity index is 1.64. The summed E-state index contributed by atoms with van der Waals surface area (Å²) in [5, 5.41) is 3.01. The molecule has 1 aromatic carbocycles. The summed E-state index contributed by atoms with van der Waals surface area (Å²) in [6, 6.07) is 8.67. The number of carbonyl (C=O) groups is 3. The van der Waals surface area contributed by atoms with Crippen LogP contribution < -0.4 is 5.32 Å². The first-order chi connectivity index (χ1) is 15.8. The summed E-state index contributed by atoms with van der Waals surface area (Å²) in [4.78, 5) is 40.1. The minimum Gasteiger partial charge on any atom is -0.445 e. The Kier molecular flexibility index (Phi) is 7.92. The molecule has 2 fully saturated rings. The number of β-lactam (4-membered cyclic amide) rings is 1. The molecule has 2 aliphatic rings. The molecule has 3 rings (SSSR count). The van der Waals surface area contributed by atoms with E-state index >= 15 is 0 Å². The molecule has 34 heavy (non-hydrogen) atoms. The summed E-state index contributed by atoms with van der Waals surface area (Å²) in [5.74, 6) is -0.727. The number of amides is 2. The fourth-order valence-electron chi connectivity index (χ4n) is 4.74. The van der Waals surface area contributed by atoms with E-state index in [9.17, 15) is 14.4 Å². The molecule has 1 aliphatic carbocycles. The normalized spacial score (nSPS) is 26.3. The van der Waals surface area contributed by atoms with Crippen LogP contribution in [0.25, 0.3) is 0 Å². The van der Waals surface area contributed by atoms with Gasteiger partial charge in [0, 0.05) is 13.0 Å². The van der Waals surface area contributed by atoms with Gasteiger partial charge in [0.2, 0.25) is 5.91 Å². The van der Waals surface area contributed by atoms with E-state index in [1.807, 2.05) is 37.3 Å². The first-order valence-electron chi connectivity index (χ1n) is 12.3. The van der Waals surface area contributed by atoms with Crippen LogP contribution in [0.15, 0.2) is 30.3 Å². The SMILES string of the molecule is C[C@@H](O[Si](C)(C)C(C)(C)C)[C@H]1C(=O)N[C@H]1[C@H]1CCC[C@H](N(C)C(=O)OCc2ccccc2)C1=O. The Morgan fingerprint density at radius 3 is 2.41 bits per heavy atom. The molecule has 0 spiro atoms. The Morgan fingerprint density at radius 1 is 1.18 bits per heavy atom. The monoisotopic (exact) mass is 488 g/mol. The maximum atomic E-state index is 13.5. The van der Waals surface area contributed by atoms with Gasteiger partial charge in [0.15, 0.2) is 14.1 Å². The third-order valence-corrected chi connectivity index (χ3v) is 12.4. The maximum Gasteiger partial charge on any atom is 0.410 e. The molecule has 0 aromatic heterocycles. The highest BCUT2D eigenvalue weighted by Crippen LogP contribution is 2.41. The summed E-state index contributed by atoms with van der Waals surface area (Å²) < 4.78 is 11.9. The van der Waals surface area contributed by atoms with Gasteiger partial charge in [-0.05, 0) is 43.5 Å². The lowest BCUT2D eigenvalue weighted by atomic mass is 9.70. The third-order valence-electron chi connectivity index (χ3n) is 7.87. The summed E-state index contributed by atoms with van der Waals surface area (Å²) in [6.07, 6.45) is 1.35. The van der Waals surface area contributed by atoms with Gasteiger partial charge in [-0.25, -0.2) is 4.79 Å². The van der Waals surface area contributed by atoms with Crippen molar-refractivity contribution in [3.63, 3.8) is 0 Å². The van der Waals surface area contributed by atoms with Gasteiger partial charge in [-0.1, -0.05) is 57.5 Å². The highest BCUT2D eigenvalue weighted by atomic mass is 28.4. The van der Waals surface area contributed by atoms with E-state index in [1.165, 1.54) is 4.90 Å². The highest BCUT2D eigenvalue weighted by Gasteiger charge is 2.53. The number of hydrogen-bond acceptors (Lipinski definition) is 5. The second-order valence-electron chi connectivity index (χ2n) is 11.3. The largest absolute Gasteiger partial charge is 0.445 e. The van der Waals surface area contributed by atoms with Gasteiger partial charge in [-0.2, -0.15) is 0 Å². The van der Waals surface area contributed by atoms with Crippen molar-refractivity contribution < 1.29 is 23.5 Å². The van der Waals surface area contributed by atoms with Crippen LogP contribution in [0.5, 0.6) is 0 Å². The fraction of sp³-hybridized carbons (Fsp3) is 0.654. The van der Waals surface area contributed by atoms with Crippen LogP contribution in [0.1, 0.15) is 52.5 Å². The molecule has 0 unspecified atom stereocenters. The number of hydrogen-bond donors (Lipinski definition) is 1. The van der Waals surface area contributed by atoms with E-state index in [2.05, 4.69) is 39.2 Å². The van der Waals surface area contributed by atoms with E-state index in [0.717, 1.165) is 12.0 Å². The van der Waals surface area contributed by atoms with E-state index in [0.29, 0.717) is 12.8 Å². The molecular formula is C26H40N2O5Si. The molecule has 2 amide bonds. The summed E-state index contributed by atoms with van der Waals surface area (Å²) >= 11 is 0. The van der Waals surface area contributed by atoms with Crippen molar-refractivity contribution in [2.75, 3.05) is 7.05 Å². The Morgan fingerprint density at radius 2 is 1.82 bits per heavy atom. The number of likely N-dealkylation sites (N-methyl/N-ethyl adjacent to an activating group) is 1. The quantitative estimate of drug-likeness (QED) is 0.451. The third kappa shape index (κ3) is 5.54. The number of rotatable bonds is 7. The van der Waals surface area contributed by atoms with E-state index < -0.39 is 20.5 Å². The number of nitrogens with one attached hydrogen (secondary N) is 1. The predicted octanol–water partition coefficient (Wildman–Crippen LogP) is 4.52. The number of benzene rings is 1. The van der Waals surface area contributed by atoms with Gasteiger partial charge >= 0.3 is 6.09 Å². The van der Waals surface area contributed by atoms with Crippen molar-refractivity contribution >= 4 is 26.1 Å². The average Bonchev–Trinajstić information content (AvgIpc) is 2.75. The molecule has 188 valence electrons. The van der Waals surface area contributed by atoms with Crippen molar-refractivity contribution in [3.05, 3.63) is 35.9 Å². The summed E-state index contributed by atoms with van der Waals surface area (Å²) in [7, 11) is -0.433. The Bertz CT molecular complexity index is 898. The Hall–Kier alpha value is -2.19. The number of Topliss-reactive ketones (excluding diaryl/α,β-unsaturated/α-hetero) is 1. The number of nitrogens with zero attached hydrogens (tertiary/aromatic N) is 1. The fourth-order valence-corrected chi connectivity index (χ4v) is 6.17. The van der Waals surface area contributed by atoms with Crippen LogP contribution in [-0.4, -0.2) is 56.2 Å². The molecule has 1 aromatic rings. The molecule has 1 N–H and O–H groups in total. The van der Waals surface area contributed by atoms with Crippen molar-refractivity contribution in [2.24, 2.45) is 11.8 Å². The zero-order valence-electron chi connectivity index (χ0n) is 21.6. The van der Waals surface area contributed by atoms with Gasteiger partial charge in [0.05, 0.1) is 24.1 Å². The zero-order chi connectivity index (χ0) is 25.3. The lowest BCUT2D eigenvalue weighted by Gasteiger charge is -2.49. The summed E-state index contributed by atoms with van der Waals surface area (Å²) in [5.41, 5.74) is 0.896. The molecule has 5 atom stereocenters. The smallest absolute Gasteiger partial charge is 0.410 e. The van der Waals surface area contributed by atoms with Crippen molar-refractivity contribution in [1.29, 1.82) is 0 Å². The maximum absolute atomic E-state index is 13.5. The van der Waals surface area contributed by atoms with Gasteiger partial charge in [-0.15, -0.1) is 0 Å². The number of ether oxygens (including phenoxy) is 1. The minimum atomic E-state index is -2.06. The average molecular weight is 489 g/mol. The second-order valence-corrected chi connectivity index (χ2v) is 16.0. The standard InChI is InChI=1S/C26H40N2O5Si/c1-17(33-34(6,7)26(2,3)4)21-22(27-24(21)30)19-14-11-15-20(23(19)29)28(5)25(31)32-16-18-12-9-8-10-13-18/h8-10,12-13,17,19-22H,11,14-16H2,1-7H3,(H,27,30)/t17-,19-,20+,21-,22+/m1/s1. The van der Waals surface area contributed by atoms with E-state index in [-0.39, 0.29) is 47.3 Å². The molecule has 1 heterocycles. The van der Waals surface area contributed by atoms with Crippen LogP contribution in [0.4, 0.5) is 4.79 Å². The molecule has 7 nitrogen and oxygen atoms in total. The second kappa shape index (κ2) is 10.2. The number of carbonyl (C=O) groups excluding carboxylic acids is 3. The summed E-state index contributed by atoms with van der Waals surface area (Å²) in [6.45, 7) is 13.0. The van der Waals surface area contributed by atoms with Crippen molar-refractivity contribution in [1.82, 2.24) is 10.2 Å². The molecule has 1 aliphatic heterocycles. The van der Waals surface area contributed by atoms with E-state index in [4.69, 9.17) is 9.16 Å². The molecule has 8 heteroatoms. The van der Waals surface area contributed by atoms with Crippen LogP contribution >= 0.6 is 0 Å². The zero-order valence-corrected chi connectivity index (χ0v) is 22.6. The van der Waals surface area contributed by atoms with Crippen LogP contribution in [0.2, 0.25) is 18.1 Å². The molecule has 0 radical (unpaired) electrons. The van der Waals surface area contributed by atoms with Gasteiger partial charge in [0.25, 0.3) is 0 Å². The lowest BCUT2D eigenvalue weighted by molar-refractivity contribution is -0.147. The van der Waals surface area contributed by atoms with Gasteiger partial charge in [0.1, 0.15) is 6.61 Å². The topological polar surface area (TPSA) is 84.9 Å². The van der Waals surface area contributed by atoms with Crippen LogP contribution in [-0.2, 0) is 25.4 Å². The van der Waals surface area contributed by atoms with Gasteiger partial charge < -0.3 is 19.4 Å². The molecule has 1 saturated carbocycles. The predicted molar refractivity (Wildman–Crippen MR) is 134 cm³/mol.